The number of hydrogen-bond acceptors (Lipinski definition) is 3. The Morgan fingerprint density at radius 1 is 1.09 bits per heavy atom. The third kappa shape index (κ3) is 4.12. The van der Waals surface area contributed by atoms with Crippen molar-refractivity contribution in [3.63, 3.8) is 0 Å². The summed E-state index contributed by atoms with van der Waals surface area (Å²) >= 11 is 18.6. The average molecular weight is 482 g/mol. The Balaban J connectivity index is 2.32. The lowest BCUT2D eigenvalue weighted by Gasteiger charge is -2.17. The maximum Gasteiger partial charge on any atom is 0.280 e. The van der Waals surface area contributed by atoms with Gasteiger partial charge < -0.3 is 0 Å². The number of hydrogen-bond donors (Lipinski definition) is 0. The van der Waals surface area contributed by atoms with Crippen molar-refractivity contribution in [1.82, 2.24) is 0 Å². The molecule has 2 aromatic rings. The van der Waals surface area contributed by atoms with E-state index in [2.05, 4.69) is 31.9 Å². The Morgan fingerprint density at radius 3 is 2.35 bits per heavy atom. The number of nitro groups is 1. The van der Waals surface area contributed by atoms with E-state index in [1.54, 1.807) is 24.3 Å². The first-order valence-corrected chi connectivity index (χ1v) is 8.92. The van der Waals surface area contributed by atoms with Crippen molar-refractivity contribution >= 4 is 66.5 Å². The monoisotopic (exact) mass is 479 g/mol. The average Bonchev–Trinajstić information content (AvgIpc) is 2.55. The minimum absolute atomic E-state index is 0.0453. The van der Waals surface area contributed by atoms with Crippen molar-refractivity contribution in [3.05, 3.63) is 73.8 Å². The van der Waals surface area contributed by atoms with E-state index >= 15 is 0 Å². The summed E-state index contributed by atoms with van der Waals surface area (Å²) in [7, 11) is 0. The van der Waals surface area contributed by atoms with Crippen LogP contribution in [-0.4, -0.2) is 15.5 Å². The third-order valence-electron chi connectivity index (χ3n) is 3.14. The predicted octanol–water partition coefficient (Wildman–Crippen LogP) is 5.98. The standard InChI is InChI=1S/C15H9Br2Cl2NO3/c16-13(8-5-6-10(18)11(19)7-8)14(17)15(21)9-3-1-2-4-12(9)20(22)23/h1-7,13-14H. The molecule has 23 heavy (non-hydrogen) atoms. The molecule has 2 aromatic carbocycles. The van der Waals surface area contributed by atoms with Gasteiger partial charge in [0.05, 0.1) is 30.2 Å². The van der Waals surface area contributed by atoms with Crippen LogP contribution in [0.3, 0.4) is 0 Å². The fourth-order valence-electron chi connectivity index (χ4n) is 1.98. The van der Waals surface area contributed by atoms with Gasteiger partial charge in [-0.1, -0.05) is 73.3 Å². The molecule has 0 bridgehead atoms. The van der Waals surface area contributed by atoms with Gasteiger partial charge in [-0.15, -0.1) is 0 Å². The molecule has 0 radical (unpaired) electrons. The zero-order valence-electron chi connectivity index (χ0n) is 11.4. The van der Waals surface area contributed by atoms with Gasteiger partial charge in [-0.3, -0.25) is 14.9 Å². The molecule has 2 atom stereocenters. The van der Waals surface area contributed by atoms with Gasteiger partial charge in [-0.25, -0.2) is 0 Å². The summed E-state index contributed by atoms with van der Waals surface area (Å²) in [5.74, 6) is -0.398. The molecule has 2 unspecified atom stereocenters. The molecule has 0 spiro atoms. The molecule has 0 aliphatic heterocycles. The SMILES string of the molecule is O=C(c1ccccc1[N+](=O)[O-])C(Br)C(Br)c1ccc(Cl)c(Cl)c1. The molecule has 0 saturated heterocycles. The minimum Gasteiger partial charge on any atom is -0.293 e. The number of nitro benzene ring substituents is 1. The topological polar surface area (TPSA) is 60.2 Å². The fraction of sp³-hybridized carbons (Fsp3) is 0.133. The lowest BCUT2D eigenvalue weighted by atomic mass is 10.0. The third-order valence-corrected chi connectivity index (χ3v) is 6.59. The molecule has 0 aliphatic rings. The molecule has 0 N–H and O–H groups in total. The summed E-state index contributed by atoms with van der Waals surface area (Å²) in [6.45, 7) is 0. The summed E-state index contributed by atoms with van der Waals surface area (Å²) in [4.78, 5) is 22.0. The second kappa shape index (κ2) is 7.75. The maximum absolute atomic E-state index is 12.6. The number of rotatable bonds is 5. The highest BCUT2D eigenvalue weighted by atomic mass is 79.9. The molecular formula is C15H9Br2Cl2NO3. The number of halogens is 4. The first kappa shape index (κ1) is 18.4. The molecule has 8 heteroatoms. The van der Waals surface area contributed by atoms with E-state index in [4.69, 9.17) is 23.2 Å². The van der Waals surface area contributed by atoms with Gasteiger partial charge in [-0.2, -0.15) is 0 Å². The van der Waals surface area contributed by atoms with Gasteiger partial charge in [0, 0.05) is 6.07 Å². The summed E-state index contributed by atoms with van der Waals surface area (Å²) in [5.41, 5.74) is 0.549. The Hall–Kier alpha value is -0.950. The quantitative estimate of drug-likeness (QED) is 0.228. The predicted molar refractivity (Wildman–Crippen MR) is 98.3 cm³/mol. The van der Waals surface area contributed by atoms with E-state index in [9.17, 15) is 14.9 Å². The molecule has 120 valence electrons. The van der Waals surface area contributed by atoms with Crippen LogP contribution in [0.4, 0.5) is 5.69 Å². The van der Waals surface area contributed by atoms with Gasteiger partial charge in [0.2, 0.25) is 0 Å². The van der Waals surface area contributed by atoms with Crippen molar-refractivity contribution in [1.29, 1.82) is 0 Å². The second-order valence-electron chi connectivity index (χ2n) is 4.62. The smallest absolute Gasteiger partial charge is 0.280 e. The van der Waals surface area contributed by atoms with Crippen molar-refractivity contribution in [2.24, 2.45) is 0 Å². The van der Waals surface area contributed by atoms with Crippen molar-refractivity contribution in [2.45, 2.75) is 9.65 Å². The van der Waals surface area contributed by atoms with Crippen molar-refractivity contribution in [3.8, 4) is 0 Å². The number of Topliss-reactive ketones (excluding diaryl/α,β-unsaturated/α-hetero) is 1. The first-order valence-electron chi connectivity index (χ1n) is 6.33. The first-order chi connectivity index (χ1) is 10.8. The summed E-state index contributed by atoms with van der Waals surface area (Å²) in [6.07, 6.45) is 0. The van der Waals surface area contributed by atoms with Gasteiger partial charge in [0.25, 0.3) is 5.69 Å². The molecule has 0 fully saturated rings. The van der Waals surface area contributed by atoms with Crippen LogP contribution in [0.25, 0.3) is 0 Å². The number of carbonyl (C=O) groups is 1. The highest BCUT2D eigenvalue weighted by Crippen LogP contribution is 2.37. The lowest BCUT2D eigenvalue weighted by molar-refractivity contribution is -0.385. The number of carbonyl (C=O) groups excluding carboxylic acids is 1. The summed E-state index contributed by atoms with van der Waals surface area (Å²) in [6, 6.07) is 10.8. The molecular weight excluding hydrogens is 473 g/mol. The largest absolute Gasteiger partial charge is 0.293 e. The van der Waals surface area contributed by atoms with E-state index in [0.29, 0.717) is 10.0 Å². The van der Waals surface area contributed by atoms with Crippen LogP contribution < -0.4 is 0 Å². The maximum atomic E-state index is 12.6. The van der Waals surface area contributed by atoms with E-state index in [1.165, 1.54) is 18.2 Å². The van der Waals surface area contributed by atoms with E-state index in [-0.39, 0.29) is 11.3 Å². The summed E-state index contributed by atoms with van der Waals surface area (Å²) < 4.78 is 0. The Kier molecular flexibility index (Phi) is 6.19. The number of ketones is 1. The zero-order chi connectivity index (χ0) is 17.1. The van der Waals surface area contributed by atoms with Crippen LogP contribution in [0.15, 0.2) is 42.5 Å². The molecule has 0 aliphatic carbocycles. The van der Waals surface area contributed by atoms with Crippen LogP contribution in [0, 0.1) is 10.1 Å². The number of para-hydroxylation sites is 1. The zero-order valence-corrected chi connectivity index (χ0v) is 16.1. The fourth-order valence-corrected chi connectivity index (χ4v) is 3.36. The normalized spacial score (nSPS) is 13.4. The van der Waals surface area contributed by atoms with Crippen LogP contribution >= 0.6 is 55.1 Å². The van der Waals surface area contributed by atoms with Crippen molar-refractivity contribution < 1.29 is 9.72 Å². The molecule has 0 aromatic heterocycles. The molecule has 0 saturated carbocycles. The van der Waals surface area contributed by atoms with Gasteiger partial charge in [0.15, 0.2) is 5.78 Å². The van der Waals surface area contributed by atoms with E-state index in [0.717, 1.165) is 5.56 Å². The minimum atomic E-state index is -0.708. The highest BCUT2D eigenvalue weighted by Gasteiger charge is 2.30. The molecule has 2 rings (SSSR count). The van der Waals surface area contributed by atoms with Gasteiger partial charge >= 0.3 is 0 Å². The van der Waals surface area contributed by atoms with Gasteiger partial charge in [0.1, 0.15) is 0 Å². The van der Waals surface area contributed by atoms with E-state index < -0.39 is 20.4 Å². The second-order valence-corrected chi connectivity index (χ2v) is 7.40. The van der Waals surface area contributed by atoms with Gasteiger partial charge in [-0.05, 0) is 23.8 Å². The Bertz CT molecular complexity index is 770. The number of benzene rings is 2. The molecule has 0 amide bonds. The number of nitrogens with zero attached hydrogens (tertiary/aromatic N) is 1. The molecule has 0 heterocycles. The Morgan fingerprint density at radius 2 is 1.74 bits per heavy atom. The summed E-state index contributed by atoms with van der Waals surface area (Å²) in [5, 5.41) is 11.8. The molecule has 4 nitrogen and oxygen atoms in total. The lowest BCUT2D eigenvalue weighted by Crippen LogP contribution is -2.20. The Labute approximate surface area is 159 Å². The van der Waals surface area contributed by atoms with Crippen LogP contribution in [0.2, 0.25) is 10.0 Å². The van der Waals surface area contributed by atoms with E-state index in [1.807, 2.05) is 0 Å². The van der Waals surface area contributed by atoms with Crippen LogP contribution in [0.1, 0.15) is 20.7 Å². The highest BCUT2D eigenvalue weighted by molar-refractivity contribution is 9.12. The van der Waals surface area contributed by atoms with Crippen molar-refractivity contribution in [2.75, 3.05) is 0 Å². The number of alkyl halides is 2. The van der Waals surface area contributed by atoms with Crippen LogP contribution in [-0.2, 0) is 0 Å². The van der Waals surface area contributed by atoms with Crippen LogP contribution in [0.5, 0.6) is 0 Å².